The second-order valence-corrected chi connectivity index (χ2v) is 6.95. The molecule has 0 aromatic carbocycles. The summed E-state index contributed by atoms with van der Waals surface area (Å²) in [4.78, 5) is 9.29. The van der Waals surface area contributed by atoms with Crippen LogP contribution in [0, 0.1) is 9.49 Å². The van der Waals surface area contributed by atoms with E-state index >= 15 is 0 Å². The van der Waals surface area contributed by atoms with Crippen molar-refractivity contribution in [1.29, 1.82) is 0 Å². The molecule has 0 spiro atoms. The highest BCUT2D eigenvalue weighted by Crippen LogP contribution is 2.39. The smallest absolute Gasteiger partial charge is 0.146 e. The van der Waals surface area contributed by atoms with Crippen LogP contribution in [0.1, 0.15) is 69.8 Å². The van der Waals surface area contributed by atoms with Crippen LogP contribution in [0.25, 0.3) is 0 Å². The van der Waals surface area contributed by atoms with Gasteiger partial charge in [0, 0.05) is 5.92 Å². The minimum atomic E-state index is 0.402. The molecular formula is C14H20ClIN2. The lowest BCUT2D eigenvalue weighted by Crippen LogP contribution is -2.08. The molecule has 2 atom stereocenters. The molecule has 1 aromatic rings. The summed E-state index contributed by atoms with van der Waals surface area (Å²) in [6.07, 6.45) is 5.02. The van der Waals surface area contributed by atoms with Crippen molar-refractivity contribution < 1.29 is 0 Å². The van der Waals surface area contributed by atoms with Crippen LogP contribution < -0.4 is 0 Å². The minimum Gasteiger partial charge on any atom is -0.236 e. The Morgan fingerprint density at radius 2 is 2.06 bits per heavy atom. The number of hydrogen-bond acceptors (Lipinski definition) is 2. The quantitative estimate of drug-likeness (QED) is 0.537. The Kier molecular flexibility index (Phi) is 4.86. The summed E-state index contributed by atoms with van der Waals surface area (Å²) < 4.78 is 1.01. The lowest BCUT2D eigenvalue weighted by molar-refractivity contribution is 0.515. The zero-order chi connectivity index (χ0) is 13.3. The fourth-order valence-electron chi connectivity index (χ4n) is 2.70. The second-order valence-electron chi connectivity index (χ2n) is 5.51. The van der Waals surface area contributed by atoms with Gasteiger partial charge < -0.3 is 0 Å². The van der Waals surface area contributed by atoms with Gasteiger partial charge in [0.25, 0.3) is 0 Å². The lowest BCUT2D eigenvalue weighted by atomic mass is 10.0. The molecule has 0 saturated heterocycles. The van der Waals surface area contributed by atoms with E-state index in [0.717, 1.165) is 21.0 Å². The van der Waals surface area contributed by atoms with Gasteiger partial charge >= 0.3 is 0 Å². The van der Waals surface area contributed by atoms with E-state index in [4.69, 9.17) is 16.6 Å². The highest BCUT2D eigenvalue weighted by Gasteiger charge is 2.28. The van der Waals surface area contributed by atoms with Crippen molar-refractivity contribution in [3.8, 4) is 0 Å². The zero-order valence-corrected chi connectivity index (χ0v) is 14.1. The van der Waals surface area contributed by atoms with Crippen molar-refractivity contribution in [3.05, 3.63) is 20.2 Å². The van der Waals surface area contributed by atoms with Gasteiger partial charge in [-0.1, -0.05) is 38.8 Å². The zero-order valence-electron chi connectivity index (χ0n) is 11.2. The van der Waals surface area contributed by atoms with Crippen LogP contribution in [0.3, 0.4) is 0 Å². The van der Waals surface area contributed by atoms with E-state index in [1.54, 1.807) is 0 Å². The Balaban J connectivity index is 2.29. The fourth-order valence-corrected chi connectivity index (χ4v) is 3.75. The van der Waals surface area contributed by atoms with Gasteiger partial charge in [0.15, 0.2) is 0 Å². The number of halogens is 2. The Hall–Kier alpha value is 0.1000. The summed E-state index contributed by atoms with van der Waals surface area (Å²) in [5.41, 5.74) is 1.10. The topological polar surface area (TPSA) is 25.8 Å². The molecule has 4 heteroatoms. The highest BCUT2D eigenvalue weighted by molar-refractivity contribution is 14.1. The molecule has 1 fully saturated rings. The Morgan fingerprint density at radius 1 is 1.33 bits per heavy atom. The average Bonchev–Trinajstić information content (AvgIpc) is 2.80. The Labute approximate surface area is 128 Å². The minimum absolute atomic E-state index is 0.402. The maximum atomic E-state index is 6.25. The standard InChI is InChI=1S/C14H20ClIN2/c1-4-9-5-6-10(7-9)14-17-12(8(2)3)11(16)13(15)18-14/h8-10H,4-7H2,1-3H3. The van der Waals surface area contributed by atoms with Crippen molar-refractivity contribution in [2.45, 2.75) is 58.3 Å². The molecule has 2 rings (SSSR count). The van der Waals surface area contributed by atoms with Crippen molar-refractivity contribution in [2.24, 2.45) is 5.92 Å². The van der Waals surface area contributed by atoms with Crippen LogP contribution in [0.5, 0.6) is 0 Å². The van der Waals surface area contributed by atoms with Crippen LogP contribution in [-0.4, -0.2) is 9.97 Å². The molecule has 0 radical (unpaired) electrons. The predicted molar refractivity (Wildman–Crippen MR) is 84.2 cm³/mol. The molecule has 0 N–H and O–H groups in total. The van der Waals surface area contributed by atoms with Gasteiger partial charge in [0.2, 0.25) is 0 Å². The van der Waals surface area contributed by atoms with E-state index < -0.39 is 0 Å². The first-order chi connectivity index (χ1) is 8.52. The molecule has 1 aliphatic rings. The molecule has 1 saturated carbocycles. The first-order valence-electron chi connectivity index (χ1n) is 6.75. The normalized spacial score (nSPS) is 23.9. The number of aromatic nitrogens is 2. The number of rotatable bonds is 3. The van der Waals surface area contributed by atoms with E-state index in [0.29, 0.717) is 17.0 Å². The van der Waals surface area contributed by atoms with Gasteiger partial charge in [-0.05, 0) is 53.7 Å². The van der Waals surface area contributed by atoms with Crippen molar-refractivity contribution in [2.75, 3.05) is 0 Å². The van der Waals surface area contributed by atoms with E-state index in [1.165, 1.54) is 25.7 Å². The summed E-state index contributed by atoms with van der Waals surface area (Å²) in [5, 5.41) is 0.629. The van der Waals surface area contributed by atoms with Crippen molar-refractivity contribution in [3.63, 3.8) is 0 Å². The van der Waals surface area contributed by atoms with E-state index in [2.05, 4.69) is 48.3 Å². The molecule has 18 heavy (non-hydrogen) atoms. The molecule has 2 unspecified atom stereocenters. The summed E-state index contributed by atoms with van der Waals surface area (Å²) >= 11 is 8.51. The maximum Gasteiger partial charge on any atom is 0.146 e. The van der Waals surface area contributed by atoms with Gasteiger partial charge in [-0.2, -0.15) is 0 Å². The molecule has 0 aliphatic heterocycles. The van der Waals surface area contributed by atoms with Gasteiger partial charge in [-0.25, -0.2) is 9.97 Å². The van der Waals surface area contributed by atoms with Crippen LogP contribution in [0.15, 0.2) is 0 Å². The predicted octanol–water partition coefficient (Wildman–Crippen LogP) is 5.15. The van der Waals surface area contributed by atoms with E-state index in [9.17, 15) is 0 Å². The molecule has 0 amide bonds. The van der Waals surface area contributed by atoms with Crippen LogP contribution in [0.2, 0.25) is 5.15 Å². The Bertz CT molecular complexity index is 434. The summed E-state index contributed by atoms with van der Waals surface area (Å²) in [6.45, 7) is 6.59. The van der Waals surface area contributed by atoms with Crippen LogP contribution in [0.4, 0.5) is 0 Å². The van der Waals surface area contributed by atoms with Crippen LogP contribution >= 0.6 is 34.2 Å². The Morgan fingerprint density at radius 3 is 2.61 bits per heavy atom. The third-order valence-corrected chi connectivity index (χ3v) is 5.54. The molecule has 1 aliphatic carbocycles. The lowest BCUT2D eigenvalue weighted by Gasteiger charge is -2.14. The monoisotopic (exact) mass is 378 g/mol. The fraction of sp³-hybridized carbons (Fsp3) is 0.714. The number of nitrogens with zero attached hydrogens (tertiary/aromatic N) is 2. The van der Waals surface area contributed by atoms with Gasteiger partial charge in [-0.15, -0.1) is 0 Å². The van der Waals surface area contributed by atoms with Gasteiger partial charge in [0.1, 0.15) is 11.0 Å². The first-order valence-corrected chi connectivity index (χ1v) is 8.21. The van der Waals surface area contributed by atoms with E-state index in [-0.39, 0.29) is 0 Å². The van der Waals surface area contributed by atoms with Gasteiger partial charge in [0.05, 0.1) is 9.26 Å². The molecule has 1 heterocycles. The van der Waals surface area contributed by atoms with Crippen molar-refractivity contribution in [1.82, 2.24) is 9.97 Å². The second kappa shape index (κ2) is 6.04. The molecule has 2 nitrogen and oxygen atoms in total. The molecular weight excluding hydrogens is 359 g/mol. The van der Waals surface area contributed by atoms with Crippen molar-refractivity contribution >= 4 is 34.2 Å². The largest absolute Gasteiger partial charge is 0.236 e. The van der Waals surface area contributed by atoms with Gasteiger partial charge in [-0.3, -0.25) is 0 Å². The third kappa shape index (κ3) is 2.98. The summed E-state index contributed by atoms with van der Waals surface area (Å²) in [6, 6.07) is 0. The number of hydrogen-bond donors (Lipinski definition) is 0. The third-order valence-electron chi connectivity index (χ3n) is 3.88. The highest BCUT2D eigenvalue weighted by atomic mass is 127. The molecule has 1 aromatic heterocycles. The summed E-state index contributed by atoms with van der Waals surface area (Å²) in [7, 11) is 0. The summed E-state index contributed by atoms with van der Waals surface area (Å²) in [5.74, 6) is 2.74. The molecule has 100 valence electrons. The first kappa shape index (κ1) is 14.5. The SMILES string of the molecule is CCC1CCC(c2nc(Cl)c(I)c(C(C)C)n2)C1. The molecule has 0 bridgehead atoms. The van der Waals surface area contributed by atoms with Crippen LogP contribution in [-0.2, 0) is 0 Å². The average molecular weight is 379 g/mol. The van der Waals surface area contributed by atoms with E-state index in [1.807, 2.05) is 0 Å². The maximum absolute atomic E-state index is 6.25.